The minimum Gasteiger partial charge on any atom is -0.466 e. The van der Waals surface area contributed by atoms with Gasteiger partial charge in [0.2, 0.25) is 0 Å². The first kappa shape index (κ1) is 24.6. The zero-order valence-electron chi connectivity index (χ0n) is 19.2. The third-order valence-electron chi connectivity index (χ3n) is 5.81. The lowest BCUT2D eigenvalue weighted by atomic mass is 10.1. The van der Waals surface area contributed by atoms with E-state index in [0.29, 0.717) is 32.7 Å². The van der Waals surface area contributed by atoms with Crippen LogP contribution in [0.4, 0.5) is 0 Å². The molecule has 1 N–H and O–H groups in total. The molecule has 1 aromatic rings. The molecule has 1 heterocycles. The van der Waals surface area contributed by atoms with Crippen LogP contribution >= 0.6 is 0 Å². The minimum atomic E-state index is -1.92. The SMILES string of the molecule is COC(=O)/C=C(/CCC1OCCO1)N[C@H](CO[Si](C)(C)C(C)(C)C)c1ccccc1. The number of methoxy groups -OCH3 is 1. The van der Waals surface area contributed by atoms with Crippen molar-refractivity contribution in [3.63, 3.8) is 0 Å². The van der Waals surface area contributed by atoms with Gasteiger partial charge in [0, 0.05) is 18.2 Å². The molecular formula is C23H37NO5Si. The summed E-state index contributed by atoms with van der Waals surface area (Å²) in [6.07, 6.45) is 2.56. The second kappa shape index (κ2) is 11.1. The highest BCUT2D eigenvalue weighted by molar-refractivity contribution is 6.74. The van der Waals surface area contributed by atoms with Gasteiger partial charge >= 0.3 is 5.97 Å². The lowest BCUT2D eigenvalue weighted by Crippen LogP contribution is -2.43. The molecule has 0 spiro atoms. The summed E-state index contributed by atoms with van der Waals surface area (Å²) < 4.78 is 22.4. The molecule has 1 aromatic carbocycles. The van der Waals surface area contributed by atoms with Crippen LogP contribution < -0.4 is 5.32 Å². The molecule has 7 heteroatoms. The van der Waals surface area contributed by atoms with Crippen LogP contribution in [-0.4, -0.2) is 47.5 Å². The van der Waals surface area contributed by atoms with Gasteiger partial charge in [-0.2, -0.15) is 0 Å². The van der Waals surface area contributed by atoms with Crippen molar-refractivity contribution in [2.24, 2.45) is 0 Å². The van der Waals surface area contributed by atoms with Crippen molar-refractivity contribution >= 4 is 14.3 Å². The van der Waals surface area contributed by atoms with E-state index in [1.54, 1.807) is 0 Å². The number of esters is 1. The fraction of sp³-hybridized carbons (Fsp3) is 0.609. The Balaban J connectivity index is 2.17. The highest BCUT2D eigenvalue weighted by Crippen LogP contribution is 2.37. The zero-order chi connectivity index (χ0) is 22.2. The predicted octanol–water partition coefficient (Wildman–Crippen LogP) is 4.55. The van der Waals surface area contributed by atoms with Crippen molar-refractivity contribution < 1.29 is 23.4 Å². The number of rotatable bonds is 10. The minimum absolute atomic E-state index is 0.0818. The Morgan fingerprint density at radius 3 is 2.43 bits per heavy atom. The van der Waals surface area contributed by atoms with Crippen molar-refractivity contribution in [3.05, 3.63) is 47.7 Å². The first-order valence-electron chi connectivity index (χ1n) is 10.6. The Bertz CT molecular complexity index is 693. The molecule has 1 aliphatic heterocycles. The number of hydrogen-bond donors (Lipinski definition) is 1. The Hall–Kier alpha value is -1.67. The molecule has 0 aromatic heterocycles. The van der Waals surface area contributed by atoms with Crippen LogP contribution in [-0.2, 0) is 23.4 Å². The molecule has 1 saturated heterocycles. The van der Waals surface area contributed by atoms with Gasteiger partial charge in [-0.1, -0.05) is 51.1 Å². The van der Waals surface area contributed by atoms with Gasteiger partial charge < -0.3 is 24.0 Å². The van der Waals surface area contributed by atoms with E-state index in [2.05, 4.69) is 51.3 Å². The average molecular weight is 436 g/mol. The Kier molecular flexibility index (Phi) is 9.09. The van der Waals surface area contributed by atoms with E-state index in [4.69, 9.17) is 18.6 Å². The molecule has 2 rings (SSSR count). The van der Waals surface area contributed by atoms with Crippen molar-refractivity contribution in [1.29, 1.82) is 0 Å². The van der Waals surface area contributed by atoms with E-state index in [9.17, 15) is 4.79 Å². The second-order valence-corrected chi connectivity index (χ2v) is 13.9. The standard InChI is InChI=1S/C23H37NO5Si/c1-23(2,3)30(5,6)29-17-20(18-10-8-7-9-11-18)24-19(16-21(25)26-4)12-13-22-27-14-15-28-22/h7-11,16,20,22,24H,12-15,17H2,1-6H3/b19-16-/t20-/m1/s1. The third-order valence-corrected chi connectivity index (χ3v) is 10.3. The number of hydrogen-bond acceptors (Lipinski definition) is 6. The van der Waals surface area contributed by atoms with Gasteiger partial charge in [0.25, 0.3) is 0 Å². The van der Waals surface area contributed by atoms with Gasteiger partial charge in [-0.05, 0) is 30.1 Å². The molecule has 0 unspecified atom stereocenters. The summed E-state index contributed by atoms with van der Waals surface area (Å²) in [5.74, 6) is -0.386. The van der Waals surface area contributed by atoms with Crippen molar-refractivity contribution in [1.82, 2.24) is 5.32 Å². The Labute approximate surface area is 182 Å². The van der Waals surface area contributed by atoms with Gasteiger partial charge in [0.1, 0.15) is 0 Å². The van der Waals surface area contributed by atoms with Gasteiger partial charge in [-0.25, -0.2) is 4.79 Å². The molecule has 30 heavy (non-hydrogen) atoms. The molecule has 0 aliphatic carbocycles. The van der Waals surface area contributed by atoms with Gasteiger partial charge in [0.15, 0.2) is 14.6 Å². The van der Waals surface area contributed by atoms with E-state index in [0.717, 1.165) is 11.3 Å². The molecule has 1 atom stereocenters. The number of allylic oxidation sites excluding steroid dienone is 1. The van der Waals surface area contributed by atoms with E-state index >= 15 is 0 Å². The van der Waals surface area contributed by atoms with Crippen LogP contribution in [0.15, 0.2) is 42.1 Å². The zero-order valence-corrected chi connectivity index (χ0v) is 20.2. The van der Waals surface area contributed by atoms with E-state index in [1.165, 1.54) is 13.2 Å². The van der Waals surface area contributed by atoms with Crippen LogP contribution in [0.2, 0.25) is 18.1 Å². The van der Waals surface area contributed by atoms with E-state index < -0.39 is 8.32 Å². The maximum atomic E-state index is 12.0. The summed E-state index contributed by atoms with van der Waals surface area (Å²) >= 11 is 0. The molecular weight excluding hydrogens is 398 g/mol. The second-order valence-electron chi connectivity index (χ2n) is 9.08. The third kappa shape index (κ3) is 7.54. The molecule has 0 saturated carbocycles. The van der Waals surface area contributed by atoms with E-state index in [1.807, 2.05) is 18.2 Å². The number of carbonyl (C=O) groups excluding carboxylic acids is 1. The number of benzene rings is 1. The van der Waals surface area contributed by atoms with Crippen LogP contribution in [0, 0.1) is 0 Å². The molecule has 1 aliphatic rings. The van der Waals surface area contributed by atoms with Crippen LogP contribution in [0.1, 0.15) is 45.2 Å². The molecule has 0 radical (unpaired) electrons. The average Bonchev–Trinajstić information content (AvgIpc) is 3.22. The largest absolute Gasteiger partial charge is 0.466 e. The van der Waals surface area contributed by atoms with Crippen molar-refractivity contribution in [3.8, 4) is 0 Å². The first-order chi connectivity index (χ1) is 14.1. The molecule has 1 fully saturated rings. The van der Waals surface area contributed by atoms with Crippen LogP contribution in [0.5, 0.6) is 0 Å². The van der Waals surface area contributed by atoms with Gasteiger partial charge in [-0.15, -0.1) is 0 Å². The fourth-order valence-electron chi connectivity index (χ4n) is 2.87. The number of nitrogens with one attached hydrogen (secondary N) is 1. The maximum absolute atomic E-state index is 12.0. The normalized spacial score (nSPS) is 17.1. The molecule has 168 valence electrons. The van der Waals surface area contributed by atoms with Crippen molar-refractivity contribution in [2.75, 3.05) is 26.9 Å². The molecule has 6 nitrogen and oxygen atoms in total. The van der Waals surface area contributed by atoms with Crippen LogP contribution in [0.25, 0.3) is 0 Å². The fourth-order valence-corrected chi connectivity index (χ4v) is 3.89. The monoisotopic (exact) mass is 435 g/mol. The highest BCUT2D eigenvalue weighted by atomic mass is 28.4. The summed E-state index contributed by atoms with van der Waals surface area (Å²) in [6.45, 7) is 12.9. The molecule has 0 amide bonds. The molecule has 0 bridgehead atoms. The lowest BCUT2D eigenvalue weighted by Gasteiger charge is -2.37. The maximum Gasteiger partial charge on any atom is 0.332 e. The van der Waals surface area contributed by atoms with Gasteiger partial charge in [0.05, 0.1) is 33.0 Å². The van der Waals surface area contributed by atoms with Gasteiger partial charge in [-0.3, -0.25) is 0 Å². The van der Waals surface area contributed by atoms with Crippen LogP contribution in [0.3, 0.4) is 0 Å². The summed E-state index contributed by atoms with van der Waals surface area (Å²) in [5.41, 5.74) is 1.90. The van der Waals surface area contributed by atoms with Crippen molar-refractivity contribution in [2.45, 2.75) is 64.1 Å². The summed E-state index contributed by atoms with van der Waals surface area (Å²) in [7, 11) is -0.537. The quantitative estimate of drug-likeness (QED) is 0.330. The smallest absolute Gasteiger partial charge is 0.332 e. The Morgan fingerprint density at radius 2 is 1.87 bits per heavy atom. The number of carbonyl (C=O) groups is 1. The summed E-state index contributed by atoms with van der Waals surface area (Å²) in [6, 6.07) is 10.1. The summed E-state index contributed by atoms with van der Waals surface area (Å²) in [5, 5.41) is 3.65. The highest BCUT2D eigenvalue weighted by Gasteiger charge is 2.37. The lowest BCUT2D eigenvalue weighted by molar-refractivity contribution is -0.134. The topological polar surface area (TPSA) is 66.0 Å². The number of ether oxygens (including phenoxy) is 3. The Morgan fingerprint density at radius 1 is 1.23 bits per heavy atom. The first-order valence-corrected chi connectivity index (χ1v) is 13.5. The predicted molar refractivity (Wildman–Crippen MR) is 120 cm³/mol. The van der Waals surface area contributed by atoms with E-state index in [-0.39, 0.29) is 23.3 Å². The summed E-state index contributed by atoms with van der Waals surface area (Å²) in [4.78, 5) is 12.0.